The van der Waals surface area contributed by atoms with Crippen molar-refractivity contribution in [1.82, 2.24) is 14.2 Å². The van der Waals surface area contributed by atoms with Crippen LogP contribution in [0.5, 0.6) is 0 Å². The van der Waals surface area contributed by atoms with Gasteiger partial charge in [0.2, 0.25) is 15.9 Å². The lowest BCUT2D eigenvalue weighted by atomic mass is 10.1. The zero-order chi connectivity index (χ0) is 25.0. The van der Waals surface area contributed by atoms with Crippen molar-refractivity contribution in [2.24, 2.45) is 0 Å². The van der Waals surface area contributed by atoms with Gasteiger partial charge in [0, 0.05) is 37.3 Å². The zero-order valence-corrected chi connectivity index (χ0v) is 21.1. The Morgan fingerprint density at radius 3 is 1.97 bits per heavy atom. The summed E-state index contributed by atoms with van der Waals surface area (Å²) in [6.45, 7) is 1.23. The van der Waals surface area contributed by atoms with Crippen molar-refractivity contribution < 1.29 is 17.6 Å². The number of rotatable bonds is 7. The molecule has 1 saturated heterocycles. The number of oxazole rings is 1. The van der Waals surface area contributed by atoms with E-state index < -0.39 is 10.0 Å². The molecule has 0 saturated carbocycles. The van der Waals surface area contributed by atoms with Gasteiger partial charge < -0.3 is 9.32 Å². The maximum absolute atomic E-state index is 12.9. The number of hydrogen-bond donors (Lipinski definition) is 0. The number of benzene rings is 3. The van der Waals surface area contributed by atoms with Gasteiger partial charge in [-0.1, -0.05) is 90.6 Å². The minimum absolute atomic E-state index is 0.0718. The summed E-state index contributed by atoms with van der Waals surface area (Å²) in [5.41, 5.74) is 2.59. The lowest BCUT2D eigenvalue weighted by Gasteiger charge is -2.33. The molecule has 7 nitrogen and oxygen atoms in total. The predicted octanol–water partition coefficient (Wildman–Crippen LogP) is 4.63. The Kier molecular flexibility index (Phi) is 7.22. The molecule has 1 aliphatic rings. The number of aromatic nitrogens is 1. The fraction of sp³-hybridized carbons (Fsp3) is 0.185. The minimum Gasteiger partial charge on any atom is -0.431 e. The molecule has 0 aliphatic carbocycles. The molecule has 4 aromatic rings. The fourth-order valence-electron chi connectivity index (χ4n) is 4.07. The molecule has 3 aromatic carbocycles. The van der Waals surface area contributed by atoms with Crippen LogP contribution in [-0.2, 0) is 14.8 Å². The first kappa shape index (κ1) is 24.3. The van der Waals surface area contributed by atoms with Crippen LogP contribution in [0.4, 0.5) is 0 Å². The van der Waals surface area contributed by atoms with E-state index in [1.54, 1.807) is 35.2 Å². The maximum Gasteiger partial charge on any atom is 0.257 e. The van der Waals surface area contributed by atoms with Crippen molar-refractivity contribution >= 4 is 27.7 Å². The first-order valence-corrected chi connectivity index (χ1v) is 14.0. The Morgan fingerprint density at radius 2 is 1.36 bits per heavy atom. The molecule has 2 heterocycles. The van der Waals surface area contributed by atoms with Gasteiger partial charge in [-0.3, -0.25) is 4.79 Å². The van der Waals surface area contributed by atoms with Gasteiger partial charge in [-0.25, -0.2) is 13.4 Å². The lowest BCUT2D eigenvalue weighted by molar-refractivity contribution is -0.129. The van der Waals surface area contributed by atoms with E-state index in [-0.39, 0.29) is 29.6 Å². The number of carbonyl (C=O) groups is 1. The number of nitrogens with zero attached hydrogens (tertiary/aromatic N) is 3. The SMILES string of the molecule is O=C(CSc1nc(-c2ccccc2)c(-c2ccccc2)o1)N1CCN(S(=O)(=O)c2ccccc2)CC1. The highest BCUT2D eigenvalue weighted by Crippen LogP contribution is 2.35. The predicted molar refractivity (Wildman–Crippen MR) is 140 cm³/mol. The van der Waals surface area contributed by atoms with Crippen LogP contribution in [0.25, 0.3) is 22.6 Å². The van der Waals surface area contributed by atoms with E-state index >= 15 is 0 Å². The number of thioether (sulfide) groups is 1. The van der Waals surface area contributed by atoms with E-state index in [0.717, 1.165) is 16.8 Å². The Labute approximate surface area is 214 Å². The van der Waals surface area contributed by atoms with Crippen LogP contribution in [0.2, 0.25) is 0 Å². The first-order valence-electron chi connectivity index (χ1n) is 11.6. The van der Waals surface area contributed by atoms with E-state index in [1.165, 1.54) is 16.1 Å². The van der Waals surface area contributed by atoms with Crippen molar-refractivity contribution in [3.63, 3.8) is 0 Å². The highest BCUT2D eigenvalue weighted by atomic mass is 32.2. The molecule has 1 amide bonds. The summed E-state index contributed by atoms with van der Waals surface area (Å²) in [7, 11) is -3.56. The Balaban J connectivity index is 1.24. The molecule has 5 rings (SSSR count). The Bertz CT molecular complexity index is 1360. The molecule has 0 N–H and O–H groups in total. The van der Waals surface area contributed by atoms with Crippen LogP contribution in [0.1, 0.15) is 0 Å². The third kappa shape index (κ3) is 5.23. The van der Waals surface area contributed by atoms with Crippen LogP contribution < -0.4 is 0 Å². The number of amides is 1. The van der Waals surface area contributed by atoms with Gasteiger partial charge in [0.25, 0.3) is 5.22 Å². The lowest BCUT2D eigenvalue weighted by Crippen LogP contribution is -2.50. The van der Waals surface area contributed by atoms with Gasteiger partial charge in [0.05, 0.1) is 10.6 Å². The highest BCUT2D eigenvalue weighted by Gasteiger charge is 2.30. The molecular weight excluding hydrogens is 494 g/mol. The molecule has 0 atom stereocenters. The largest absolute Gasteiger partial charge is 0.431 e. The van der Waals surface area contributed by atoms with Crippen molar-refractivity contribution in [2.45, 2.75) is 10.1 Å². The van der Waals surface area contributed by atoms with Crippen molar-refractivity contribution in [3.8, 4) is 22.6 Å². The first-order chi connectivity index (χ1) is 17.5. The topological polar surface area (TPSA) is 83.7 Å². The van der Waals surface area contributed by atoms with Crippen LogP contribution in [0.15, 0.2) is 106 Å². The molecule has 9 heteroatoms. The Hall–Kier alpha value is -3.40. The minimum atomic E-state index is -3.56. The summed E-state index contributed by atoms with van der Waals surface area (Å²) in [5, 5.41) is 0.423. The van der Waals surface area contributed by atoms with E-state index in [9.17, 15) is 13.2 Å². The third-order valence-corrected chi connectivity index (χ3v) is 8.71. The van der Waals surface area contributed by atoms with Crippen molar-refractivity contribution in [1.29, 1.82) is 0 Å². The molecule has 0 bridgehead atoms. The number of sulfonamides is 1. The third-order valence-electron chi connectivity index (χ3n) is 5.98. The summed E-state index contributed by atoms with van der Waals surface area (Å²) in [6, 6.07) is 28.0. The molecule has 184 valence electrons. The van der Waals surface area contributed by atoms with Gasteiger partial charge in [-0.05, 0) is 12.1 Å². The summed E-state index contributed by atoms with van der Waals surface area (Å²) >= 11 is 1.25. The van der Waals surface area contributed by atoms with Crippen molar-refractivity contribution in [2.75, 3.05) is 31.9 Å². The average Bonchev–Trinajstić information content (AvgIpc) is 3.38. The van der Waals surface area contributed by atoms with Gasteiger partial charge in [-0.15, -0.1) is 0 Å². The fourth-order valence-corrected chi connectivity index (χ4v) is 6.24. The van der Waals surface area contributed by atoms with Crippen LogP contribution in [0.3, 0.4) is 0 Å². The molecule has 36 heavy (non-hydrogen) atoms. The smallest absolute Gasteiger partial charge is 0.257 e. The second kappa shape index (κ2) is 10.7. The van der Waals surface area contributed by atoms with E-state index in [1.807, 2.05) is 60.7 Å². The van der Waals surface area contributed by atoms with Gasteiger partial charge in [0.15, 0.2) is 5.76 Å². The molecule has 0 unspecified atom stereocenters. The molecule has 0 radical (unpaired) electrons. The quantitative estimate of drug-likeness (QED) is 0.331. The summed E-state index contributed by atoms with van der Waals surface area (Å²) in [5.74, 6) is 0.753. The van der Waals surface area contributed by atoms with Crippen LogP contribution in [0, 0.1) is 0 Å². The van der Waals surface area contributed by atoms with Crippen LogP contribution >= 0.6 is 11.8 Å². The normalized spacial score (nSPS) is 14.6. The molecule has 1 aromatic heterocycles. The second-order valence-corrected chi connectivity index (χ2v) is 11.1. The van der Waals surface area contributed by atoms with Gasteiger partial charge >= 0.3 is 0 Å². The average molecular weight is 520 g/mol. The monoisotopic (exact) mass is 519 g/mol. The molecule has 1 fully saturated rings. The number of hydrogen-bond acceptors (Lipinski definition) is 6. The van der Waals surface area contributed by atoms with Crippen molar-refractivity contribution in [3.05, 3.63) is 91.0 Å². The summed E-state index contributed by atoms with van der Waals surface area (Å²) in [4.78, 5) is 19.6. The van der Waals surface area contributed by atoms with E-state index in [2.05, 4.69) is 4.98 Å². The van der Waals surface area contributed by atoms with E-state index in [0.29, 0.717) is 24.1 Å². The van der Waals surface area contributed by atoms with E-state index in [4.69, 9.17) is 4.42 Å². The molecule has 0 spiro atoms. The molecule has 1 aliphatic heterocycles. The number of piperazine rings is 1. The number of carbonyl (C=O) groups excluding carboxylic acids is 1. The summed E-state index contributed by atoms with van der Waals surface area (Å²) in [6.07, 6.45) is 0. The van der Waals surface area contributed by atoms with Gasteiger partial charge in [0.1, 0.15) is 5.69 Å². The highest BCUT2D eigenvalue weighted by molar-refractivity contribution is 7.99. The Morgan fingerprint density at radius 1 is 0.806 bits per heavy atom. The zero-order valence-electron chi connectivity index (χ0n) is 19.5. The molecular formula is C27H25N3O4S2. The van der Waals surface area contributed by atoms with Gasteiger partial charge in [-0.2, -0.15) is 4.31 Å². The summed E-state index contributed by atoms with van der Waals surface area (Å²) < 4.78 is 33.2. The van der Waals surface area contributed by atoms with Crippen LogP contribution in [-0.4, -0.2) is 60.4 Å². The maximum atomic E-state index is 12.9. The standard InChI is InChI=1S/C27H25N3O4S2/c31-24(29-16-18-30(19-17-29)36(32,33)23-14-8-3-9-15-23)20-35-27-28-25(21-10-4-1-5-11-21)26(34-27)22-12-6-2-7-13-22/h1-15H,16-20H2. The second-order valence-electron chi connectivity index (χ2n) is 8.28.